The Morgan fingerprint density at radius 1 is 0.870 bits per heavy atom. The average molecular weight is 757 g/mol. The number of urea groups is 1. The number of fused-ring (bicyclic) bond motifs is 3. The van der Waals surface area contributed by atoms with Gasteiger partial charge in [-0.3, -0.25) is 34.2 Å². The highest BCUT2D eigenvalue weighted by atomic mass is 32.2. The van der Waals surface area contributed by atoms with Crippen molar-refractivity contribution in [1.82, 2.24) is 20.3 Å². The van der Waals surface area contributed by atoms with Gasteiger partial charge in [-0.1, -0.05) is 24.3 Å². The number of amides is 7. The van der Waals surface area contributed by atoms with Crippen LogP contribution in [0.4, 0.5) is 16.2 Å². The van der Waals surface area contributed by atoms with Gasteiger partial charge in [0.05, 0.1) is 22.6 Å². The third-order valence-electron chi connectivity index (χ3n) is 10.2. The van der Waals surface area contributed by atoms with E-state index in [1.807, 2.05) is 0 Å². The first-order chi connectivity index (χ1) is 26.0. The molecule has 0 spiro atoms. The van der Waals surface area contributed by atoms with Crippen molar-refractivity contribution in [3.63, 3.8) is 0 Å². The molecule has 0 bridgehead atoms. The number of imide groups is 2. The van der Waals surface area contributed by atoms with Crippen LogP contribution < -0.4 is 26.0 Å². The number of carbonyl (C=O) groups excluding carboxylic acids is 6. The Hall–Kier alpha value is -5.61. The van der Waals surface area contributed by atoms with Crippen molar-refractivity contribution < 1.29 is 41.9 Å². The smallest absolute Gasteiger partial charge is 0.333 e. The van der Waals surface area contributed by atoms with E-state index in [0.717, 1.165) is 65.8 Å². The lowest BCUT2D eigenvalue weighted by atomic mass is 9.99. The normalized spacial score (nSPS) is 17.5. The third-order valence-corrected chi connectivity index (χ3v) is 11.5. The number of sulfonamides is 1. The zero-order valence-electron chi connectivity index (χ0n) is 29.4. The topological polar surface area (TPSA) is 209 Å². The second-order valence-electron chi connectivity index (χ2n) is 13.7. The Morgan fingerprint density at radius 2 is 1.59 bits per heavy atom. The van der Waals surface area contributed by atoms with E-state index in [9.17, 15) is 37.2 Å². The Labute approximate surface area is 311 Å². The first-order valence-corrected chi connectivity index (χ1v) is 19.5. The van der Waals surface area contributed by atoms with Crippen molar-refractivity contribution in [3.05, 3.63) is 87.5 Å². The molecule has 7 rings (SSSR count). The van der Waals surface area contributed by atoms with Gasteiger partial charge in [0.15, 0.2) is 0 Å². The molecular formula is C38H40N6O9S. The maximum absolute atomic E-state index is 13.2. The van der Waals surface area contributed by atoms with Gasteiger partial charge < -0.3 is 20.7 Å². The minimum Gasteiger partial charge on any atom is -0.382 e. The maximum Gasteiger partial charge on any atom is 0.333 e. The second kappa shape index (κ2) is 15.4. The van der Waals surface area contributed by atoms with Crippen LogP contribution in [0.2, 0.25) is 0 Å². The summed E-state index contributed by atoms with van der Waals surface area (Å²) in [4.78, 5) is 76.2. The van der Waals surface area contributed by atoms with E-state index in [1.54, 1.807) is 24.3 Å². The fraction of sp³-hybridized carbons (Fsp3) is 0.368. The van der Waals surface area contributed by atoms with Gasteiger partial charge in [-0.2, -0.15) is 0 Å². The fourth-order valence-corrected chi connectivity index (χ4v) is 8.51. The molecule has 2 heterocycles. The first-order valence-electron chi connectivity index (χ1n) is 18.0. The Bertz CT molecular complexity index is 2140. The summed E-state index contributed by atoms with van der Waals surface area (Å²) < 4.78 is 33.6. The van der Waals surface area contributed by atoms with Gasteiger partial charge in [-0.15, -0.1) is 0 Å². The number of nitrogens with zero attached hydrogens (tertiary/aromatic N) is 1. The van der Waals surface area contributed by atoms with Gasteiger partial charge in [-0.25, -0.2) is 17.9 Å². The van der Waals surface area contributed by atoms with Crippen molar-refractivity contribution >= 4 is 57.0 Å². The summed E-state index contributed by atoms with van der Waals surface area (Å²) in [7, 11) is -4.12. The van der Waals surface area contributed by atoms with Crippen LogP contribution in [0.25, 0.3) is 0 Å². The molecule has 7 amide bonds. The van der Waals surface area contributed by atoms with E-state index in [2.05, 4.69) is 32.1 Å². The molecule has 5 N–H and O–H groups in total. The highest BCUT2D eigenvalue weighted by Crippen LogP contribution is 2.38. The zero-order chi connectivity index (χ0) is 38.0. The number of hydrogen-bond donors (Lipinski definition) is 5. The number of nitrogens with one attached hydrogen (secondary N) is 5. The fourth-order valence-electron chi connectivity index (χ4n) is 7.60. The molecule has 1 saturated heterocycles. The van der Waals surface area contributed by atoms with Gasteiger partial charge in [0.25, 0.3) is 21.8 Å². The Morgan fingerprint density at radius 3 is 2.30 bits per heavy atom. The number of piperidine rings is 1. The van der Waals surface area contributed by atoms with Crippen LogP contribution in [0.3, 0.4) is 0 Å². The first kappa shape index (κ1) is 36.7. The van der Waals surface area contributed by atoms with E-state index in [1.165, 1.54) is 29.3 Å². The molecule has 15 nitrogen and oxygen atoms in total. The monoisotopic (exact) mass is 756 g/mol. The lowest BCUT2D eigenvalue weighted by molar-refractivity contribution is -0.136. The summed E-state index contributed by atoms with van der Waals surface area (Å²) in [5.41, 5.74) is 6.88. The zero-order valence-corrected chi connectivity index (χ0v) is 30.2. The van der Waals surface area contributed by atoms with E-state index >= 15 is 0 Å². The van der Waals surface area contributed by atoms with Crippen molar-refractivity contribution in [3.8, 4) is 0 Å². The number of hydrogen-bond acceptors (Lipinski definition) is 10. The highest BCUT2D eigenvalue weighted by molar-refractivity contribution is 7.90. The van der Waals surface area contributed by atoms with Crippen molar-refractivity contribution in [2.24, 2.45) is 0 Å². The highest BCUT2D eigenvalue weighted by Gasteiger charge is 2.45. The molecular weight excluding hydrogens is 717 g/mol. The van der Waals surface area contributed by atoms with Crippen molar-refractivity contribution in [2.75, 3.05) is 36.9 Å². The molecule has 1 atom stereocenters. The van der Waals surface area contributed by atoms with Crippen LogP contribution in [0.5, 0.6) is 0 Å². The standard InChI is InChI=1S/C38H40N6O9S/c45-31-15-14-30(35(47)41-31)44-36(48)28-8-3-9-29(33(28)37(44)49)39-18-19-53-21-32(46)40-17-16-22-10-12-25(13-11-22)54(51,52)43-38(50)42-34-26-6-1-4-23(26)20-24-5-2-7-27(24)34/h3,8-13,20,30,39H,1-2,4-7,14-19,21H2,(H,40,46)(H,41,45,47)(H2,42,43,50). The Kier molecular flexibility index (Phi) is 10.5. The summed E-state index contributed by atoms with van der Waals surface area (Å²) in [5.74, 6) is -2.73. The predicted octanol–water partition coefficient (Wildman–Crippen LogP) is 2.36. The summed E-state index contributed by atoms with van der Waals surface area (Å²) >= 11 is 0. The second-order valence-corrected chi connectivity index (χ2v) is 15.4. The number of aryl methyl sites for hydroxylation is 2. The van der Waals surface area contributed by atoms with E-state index in [0.29, 0.717) is 12.1 Å². The quantitative estimate of drug-likeness (QED) is 0.127. The molecule has 2 aliphatic heterocycles. The van der Waals surface area contributed by atoms with E-state index in [-0.39, 0.29) is 61.1 Å². The molecule has 3 aromatic carbocycles. The lowest BCUT2D eigenvalue weighted by Crippen LogP contribution is -2.54. The molecule has 1 fully saturated rings. The molecule has 0 saturated carbocycles. The molecule has 16 heteroatoms. The molecule has 0 aromatic heterocycles. The summed E-state index contributed by atoms with van der Waals surface area (Å²) in [6.07, 6.45) is 6.18. The van der Waals surface area contributed by atoms with Gasteiger partial charge in [0.1, 0.15) is 12.6 Å². The van der Waals surface area contributed by atoms with Crippen LogP contribution >= 0.6 is 0 Å². The molecule has 4 aliphatic rings. The summed E-state index contributed by atoms with van der Waals surface area (Å²) in [6.45, 7) is 0.364. The SMILES string of the molecule is O=C(COCCNc1cccc2c1C(=O)N(C1CCC(=O)NC1=O)C2=O)NCCc1ccc(S(=O)(=O)NC(=O)Nc2c3c(cc4c2CCC4)CCC3)cc1. The van der Waals surface area contributed by atoms with Crippen molar-refractivity contribution in [2.45, 2.75) is 68.7 Å². The number of carbonyl (C=O) groups is 6. The number of benzene rings is 3. The lowest BCUT2D eigenvalue weighted by Gasteiger charge is -2.27. The van der Waals surface area contributed by atoms with Gasteiger partial charge in [0, 0.05) is 30.9 Å². The van der Waals surface area contributed by atoms with Crippen LogP contribution in [-0.2, 0) is 61.2 Å². The van der Waals surface area contributed by atoms with Crippen LogP contribution in [0, 0.1) is 0 Å². The van der Waals surface area contributed by atoms with Gasteiger partial charge in [0.2, 0.25) is 17.7 Å². The van der Waals surface area contributed by atoms with E-state index in [4.69, 9.17) is 4.74 Å². The number of rotatable bonds is 13. The minimum absolute atomic E-state index is 0.0255. The molecule has 1 unspecified atom stereocenters. The van der Waals surface area contributed by atoms with Gasteiger partial charge >= 0.3 is 6.03 Å². The number of ether oxygens (including phenoxy) is 1. The van der Waals surface area contributed by atoms with E-state index < -0.39 is 45.7 Å². The predicted molar refractivity (Wildman–Crippen MR) is 195 cm³/mol. The largest absolute Gasteiger partial charge is 0.382 e. The number of anilines is 2. The van der Waals surface area contributed by atoms with Crippen LogP contribution in [-0.4, -0.2) is 81.2 Å². The third kappa shape index (κ3) is 7.57. The molecule has 2 aliphatic carbocycles. The van der Waals surface area contributed by atoms with Crippen LogP contribution in [0.15, 0.2) is 53.4 Å². The average Bonchev–Trinajstić information content (AvgIpc) is 3.87. The molecule has 282 valence electrons. The summed E-state index contributed by atoms with van der Waals surface area (Å²) in [6, 6.07) is 11.2. The minimum atomic E-state index is -4.12. The molecule has 3 aromatic rings. The molecule has 0 radical (unpaired) electrons. The van der Waals surface area contributed by atoms with Gasteiger partial charge in [-0.05, 0) is 103 Å². The van der Waals surface area contributed by atoms with Crippen molar-refractivity contribution in [1.29, 1.82) is 0 Å². The summed E-state index contributed by atoms with van der Waals surface area (Å²) in [5, 5.41) is 10.8. The Balaban J connectivity index is 0.827. The van der Waals surface area contributed by atoms with Crippen LogP contribution in [0.1, 0.15) is 74.2 Å². The molecule has 54 heavy (non-hydrogen) atoms. The maximum atomic E-state index is 13.2.